The lowest BCUT2D eigenvalue weighted by Gasteiger charge is -1.99. The van der Waals surface area contributed by atoms with Gasteiger partial charge in [-0.2, -0.15) is 19.4 Å². The van der Waals surface area contributed by atoms with Crippen LogP contribution >= 0.6 is 0 Å². The minimum absolute atomic E-state index is 0.0564. The fraction of sp³-hybridized carbons (Fsp3) is 0.154. The smallest absolute Gasteiger partial charge is 0.371 e. The van der Waals surface area contributed by atoms with Gasteiger partial charge in [0.05, 0.1) is 0 Å². The average Bonchev–Trinajstić information content (AvgIpc) is 2.36. The largest absolute Gasteiger partial charge is 0.427 e. The Kier molecular flexibility index (Phi) is 3.69. The zero-order valence-electron chi connectivity index (χ0n) is 11.1. The van der Waals surface area contributed by atoms with E-state index in [4.69, 9.17) is 0 Å². The summed E-state index contributed by atoms with van der Waals surface area (Å²) in [5.74, 6) is 0. The molecule has 0 fully saturated rings. The maximum atomic E-state index is 11.7. The quantitative estimate of drug-likeness (QED) is 0.702. The fourth-order valence-electron chi connectivity index (χ4n) is 1.57. The average molecular weight is 274 g/mol. The van der Waals surface area contributed by atoms with E-state index >= 15 is 0 Å². The molecule has 2 amide bonds. The summed E-state index contributed by atoms with van der Waals surface area (Å²) < 4.78 is 1.48. The summed E-state index contributed by atoms with van der Waals surface area (Å²) in [6.45, 7) is 3.59. The van der Waals surface area contributed by atoms with E-state index in [-0.39, 0.29) is 11.0 Å². The second-order valence-electron chi connectivity index (χ2n) is 4.32. The van der Waals surface area contributed by atoms with Crippen molar-refractivity contribution in [3.05, 3.63) is 58.8 Å². The van der Waals surface area contributed by atoms with Crippen LogP contribution in [0.4, 0.5) is 4.79 Å². The van der Waals surface area contributed by atoms with Crippen molar-refractivity contribution >= 4 is 6.03 Å². The number of carbonyl (C=O) groups is 1. The molecular formula is C13H14N4O3. The van der Waals surface area contributed by atoms with Crippen LogP contribution in [-0.2, 0) is 0 Å². The molecule has 0 atom stereocenters. The summed E-state index contributed by atoms with van der Waals surface area (Å²) in [5, 5.41) is 19.1. The molecule has 0 unspecified atom stereocenters. The molecule has 2 heterocycles. The molecule has 20 heavy (non-hydrogen) atoms. The van der Waals surface area contributed by atoms with Gasteiger partial charge in [0.2, 0.25) is 0 Å². The molecule has 0 aliphatic heterocycles. The Bertz CT molecular complexity index is 721. The highest BCUT2D eigenvalue weighted by Crippen LogP contribution is 1.91. The number of carbonyl (C=O) groups excluding carboxylic acids is 1. The molecule has 104 valence electrons. The Labute approximate surface area is 114 Å². The van der Waals surface area contributed by atoms with Gasteiger partial charge in [-0.1, -0.05) is 12.1 Å². The summed E-state index contributed by atoms with van der Waals surface area (Å²) in [5.41, 5.74) is 1.76. The molecule has 0 aliphatic carbocycles. The molecule has 2 aromatic heterocycles. The highest BCUT2D eigenvalue weighted by Gasteiger charge is 1.99. The summed E-state index contributed by atoms with van der Waals surface area (Å²) in [6, 6.07) is 5.56. The van der Waals surface area contributed by atoms with Gasteiger partial charge in [0.25, 0.3) is 0 Å². The van der Waals surface area contributed by atoms with Gasteiger partial charge in [-0.15, -0.1) is 0 Å². The van der Waals surface area contributed by atoms with E-state index in [1.807, 2.05) is 0 Å². The molecule has 2 N–H and O–H groups in total. The second-order valence-corrected chi connectivity index (χ2v) is 4.32. The van der Waals surface area contributed by atoms with Crippen molar-refractivity contribution in [2.45, 2.75) is 13.8 Å². The zero-order chi connectivity index (χ0) is 14.7. The normalized spacial score (nSPS) is 12.7. The molecular weight excluding hydrogens is 260 g/mol. The van der Waals surface area contributed by atoms with Crippen LogP contribution in [0.5, 0.6) is 0 Å². The van der Waals surface area contributed by atoms with E-state index in [0.29, 0.717) is 0 Å². The number of rotatable bonds is 0. The van der Waals surface area contributed by atoms with Crippen molar-refractivity contribution < 1.29 is 15.2 Å². The first-order valence-electron chi connectivity index (χ1n) is 5.86. The Balaban J connectivity index is 2.42. The number of urea groups is 1. The molecule has 0 bridgehead atoms. The maximum absolute atomic E-state index is 11.7. The highest BCUT2D eigenvalue weighted by molar-refractivity contribution is 5.75. The molecule has 7 nitrogen and oxygen atoms in total. The molecule has 0 saturated carbocycles. The molecule has 7 heteroatoms. The third kappa shape index (κ3) is 3.14. The predicted octanol–water partition coefficient (Wildman–Crippen LogP) is 1.00. The van der Waals surface area contributed by atoms with Gasteiger partial charge in [0.15, 0.2) is 11.0 Å². The lowest BCUT2D eigenvalue weighted by Crippen LogP contribution is -2.22. The van der Waals surface area contributed by atoms with Crippen molar-refractivity contribution in [2.24, 2.45) is 9.98 Å². The van der Waals surface area contributed by atoms with Crippen molar-refractivity contribution in [3.63, 3.8) is 0 Å². The summed E-state index contributed by atoms with van der Waals surface area (Å²) >= 11 is 0. The van der Waals surface area contributed by atoms with E-state index in [9.17, 15) is 15.2 Å². The van der Waals surface area contributed by atoms with Crippen molar-refractivity contribution in [3.8, 4) is 0 Å². The van der Waals surface area contributed by atoms with Crippen molar-refractivity contribution in [1.29, 1.82) is 0 Å². The first-order chi connectivity index (χ1) is 9.45. The summed E-state index contributed by atoms with van der Waals surface area (Å²) in [7, 11) is 0. The third-order valence-corrected chi connectivity index (χ3v) is 2.53. The number of aryl methyl sites for hydroxylation is 2. The standard InChI is InChI=1S/C13H14N4O3/c1-9-3-5-11(16(19)7-9)14-13(18)15-12-6-4-10(2)8-17(12)20/h3-8,19-20H,1-2H3. The first-order valence-corrected chi connectivity index (χ1v) is 5.86. The molecule has 0 aliphatic rings. The van der Waals surface area contributed by atoms with E-state index in [0.717, 1.165) is 20.6 Å². The number of hydrogen-bond acceptors (Lipinski definition) is 3. The molecule has 0 spiro atoms. The second kappa shape index (κ2) is 5.43. The molecule has 0 aromatic carbocycles. The van der Waals surface area contributed by atoms with Gasteiger partial charge in [0, 0.05) is 12.4 Å². The van der Waals surface area contributed by atoms with Crippen LogP contribution in [0, 0.1) is 13.8 Å². The fourth-order valence-corrected chi connectivity index (χ4v) is 1.57. The predicted molar refractivity (Wildman–Crippen MR) is 69.2 cm³/mol. The van der Waals surface area contributed by atoms with E-state index < -0.39 is 6.03 Å². The number of nitrogens with zero attached hydrogens (tertiary/aromatic N) is 4. The van der Waals surface area contributed by atoms with Gasteiger partial charge in [-0.25, -0.2) is 4.79 Å². The van der Waals surface area contributed by atoms with Crippen LogP contribution in [0.25, 0.3) is 0 Å². The summed E-state index contributed by atoms with van der Waals surface area (Å²) in [6.07, 6.45) is 2.84. The number of amides is 2. The lowest BCUT2D eigenvalue weighted by atomic mass is 10.3. The molecule has 0 radical (unpaired) electrons. The van der Waals surface area contributed by atoms with E-state index in [1.54, 1.807) is 26.0 Å². The van der Waals surface area contributed by atoms with Gasteiger partial charge >= 0.3 is 6.03 Å². The molecule has 2 rings (SSSR count). The lowest BCUT2D eigenvalue weighted by molar-refractivity contribution is 0.169. The van der Waals surface area contributed by atoms with Crippen LogP contribution in [0.1, 0.15) is 11.1 Å². The van der Waals surface area contributed by atoms with Crippen molar-refractivity contribution in [2.75, 3.05) is 0 Å². The topological polar surface area (TPSA) is 92.1 Å². The Hall–Kier alpha value is -2.83. The van der Waals surface area contributed by atoms with Gasteiger partial charge in [-0.05, 0) is 37.1 Å². The SMILES string of the molecule is Cc1ccc(=NC(=O)N=c2ccc(C)cn2O)n(O)c1. The minimum Gasteiger partial charge on any atom is -0.427 e. The Morgan fingerprint density at radius 3 is 1.65 bits per heavy atom. The number of aromatic nitrogens is 2. The number of hydrogen-bond donors (Lipinski definition) is 2. The van der Waals surface area contributed by atoms with Crippen LogP contribution in [-0.4, -0.2) is 25.9 Å². The highest BCUT2D eigenvalue weighted by atomic mass is 16.5. The molecule has 0 saturated heterocycles. The van der Waals surface area contributed by atoms with Gasteiger partial charge < -0.3 is 10.4 Å². The monoisotopic (exact) mass is 274 g/mol. The van der Waals surface area contributed by atoms with Crippen LogP contribution in [0.15, 0.2) is 46.6 Å². The Morgan fingerprint density at radius 2 is 1.30 bits per heavy atom. The van der Waals surface area contributed by atoms with Crippen LogP contribution < -0.4 is 11.0 Å². The van der Waals surface area contributed by atoms with Crippen LogP contribution in [0.2, 0.25) is 0 Å². The summed E-state index contributed by atoms with van der Waals surface area (Å²) in [4.78, 5) is 19.0. The van der Waals surface area contributed by atoms with Crippen LogP contribution in [0.3, 0.4) is 0 Å². The molecule has 2 aromatic rings. The number of pyridine rings is 2. The van der Waals surface area contributed by atoms with Gasteiger partial charge in [-0.3, -0.25) is 0 Å². The van der Waals surface area contributed by atoms with E-state index in [2.05, 4.69) is 9.98 Å². The Morgan fingerprint density at radius 1 is 0.900 bits per heavy atom. The zero-order valence-corrected chi connectivity index (χ0v) is 11.1. The maximum Gasteiger partial charge on any atom is 0.371 e. The minimum atomic E-state index is -0.830. The van der Waals surface area contributed by atoms with E-state index in [1.165, 1.54) is 24.5 Å². The third-order valence-electron chi connectivity index (χ3n) is 2.53. The van der Waals surface area contributed by atoms with Gasteiger partial charge in [0.1, 0.15) is 0 Å². The van der Waals surface area contributed by atoms with Crippen molar-refractivity contribution in [1.82, 2.24) is 9.46 Å². The first kappa shape index (κ1) is 13.6.